The van der Waals surface area contributed by atoms with Crippen molar-refractivity contribution in [2.45, 2.75) is 50.7 Å². The first-order valence-electron chi connectivity index (χ1n) is 13.4. The van der Waals surface area contributed by atoms with Crippen molar-refractivity contribution in [3.05, 3.63) is 64.2 Å². The van der Waals surface area contributed by atoms with Crippen LogP contribution in [0.3, 0.4) is 0 Å². The number of sulfonamides is 1. The first-order valence-corrected chi connectivity index (χ1v) is 14.8. The van der Waals surface area contributed by atoms with Crippen molar-refractivity contribution < 1.29 is 36.4 Å². The predicted octanol–water partition coefficient (Wildman–Crippen LogP) is 3.96. The maximum atomic E-state index is 14.5. The Bertz CT molecular complexity index is 1510. The van der Waals surface area contributed by atoms with E-state index in [1.807, 2.05) is 13.8 Å². The molecule has 2 heterocycles. The summed E-state index contributed by atoms with van der Waals surface area (Å²) in [6.45, 7) is 6.91. The Morgan fingerprint density at radius 2 is 1.79 bits per heavy atom. The highest BCUT2D eigenvalue weighted by Crippen LogP contribution is 2.35. The number of nitro benzene ring substituents is 1. The van der Waals surface area contributed by atoms with E-state index in [1.165, 1.54) is 18.2 Å². The van der Waals surface area contributed by atoms with Crippen LogP contribution in [0.2, 0.25) is 0 Å². The van der Waals surface area contributed by atoms with Gasteiger partial charge in [-0.05, 0) is 44.4 Å². The molecule has 3 atom stereocenters. The number of hydrogen-bond donors (Lipinski definition) is 0. The summed E-state index contributed by atoms with van der Waals surface area (Å²) >= 11 is 0. The SMILES string of the molecule is CC(C)[C@@H]1C[C@@H](C(/C=N/S(=O)(=O)c2ccccc2[N+](=O)[O-])CN2CC(=O)N(c3c(F)cccc3F)CC2(C)C)OC1=O. The van der Waals surface area contributed by atoms with E-state index in [2.05, 4.69) is 4.40 Å². The fourth-order valence-corrected chi connectivity index (χ4v) is 6.38. The van der Waals surface area contributed by atoms with E-state index >= 15 is 0 Å². The van der Waals surface area contributed by atoms with Crippen LogP contribution in [-0.2, 0) is 24.3 Å². The van der Waals surface area contributed by atoms with Gasteiger partial charge in [-0.1, -0.05) is 32.0 Å². The molecule has 11 nitrogen and oxygen atoms in total. The zero-order chi connectivity index (χ0) is 31.0. The lowest BCUT2D eigenvalue weighted by atomic mass is 9.88. The van der Waals surface area contributed by atoms with Crippen molar-refractivity contribution in [2.24, 2.45) is 22.2 Å². The van der Waals surface area contributed by atoms with Crippen molar-refractivity contribution in [2.75, 3.05) is 24.5 Å². The lowest BCUT2D eigenvalue weighted by molar-refractivity contribution is -0.387. The van der Waals surface area contributed by atoms with Crippen LogP contribution in [0.4, 0.5) is 20.2 Å². The monoisotopic (exact) mass is 606 g/mol. The van der Waals surface area contributed by atoms with Gasteiger partial charge in [-0.25, -0.2) is 8.78 Å². The summed E-state index contributed by atoms with van der Waals surface area (Å²) in [5.74, 6) is -4.10. The number of hydrogen-bond acceptors (Lipinski definition) is 8. The molecule has 0 bridgehead atoms. The summed E-state index contributed by atoms with van der Waals surface area (Å²) in [6.07, 6.45) is 0.575. The molecule has 14 heteroatoms. The number of nitro groups is 1. The Labute approximate surface area is 242 Å². The largest absolute Gasteiger partial charge is 0.461 e. The van der Waals surface area contributed by atoms with Gasteiger partial charge in [0.2, 0.25) is 5.91 Å². The Balaban J connectivity index is 1.66. The second kappa shape index (κ2) is 11.8. The summed E-state index contributed by atoms with van der Waals surface area (Å²) in [7, 11) is -4.53. The highest BCUT2D eigenvalue weighted by atomic mass is 32.2. The van der Waals surface area contributed by atoms with Gasteiger partial charge in [0.1, 0.15) is 23.4 Å². The summed E-state index contributed by atoms with van der Waals surface area (Å²) in [4.78, 5) is 38.6. The van der Waals surface area contributed by atoms with Crippen molar-refractivity contribution in [1.82, 2.24) is 4.90 Å². The third-order valence-corrected chi connectivity index (χ3v) is 9.04. The van der Waals surface area contributed by atoms with Gasteiger partial charge in [-0.3, -0.25) is 24.6 Å². The van der Waals surface area contributed by atoms with Gasteiger partial charge in [0.15, 0.2) is 4.90 Å². The van der Waals surface area contributed by atoms with Gasteiger partial charge < -0.3 is 9.64 Å². The number of halogens is 2. The molecule has 1 amide bonds. The second-order valence-corrected chi connectivity index (χ2v) is 13.0. The first-order chi connectivity index (χ1) is 19.6. The number of benzene rings is 2. The number of piperazine rings is 1. The lowest BCUT2D eigenvalue weighted by Crippen LogP contribution is -2.63. The number of ether oxygens (including phenoxy) is 1. The lowest BCUT2D eigenvalue weighted by Gasteiger charge is -2.47. The molecule has 0 aliphatic carbocycles. The normalized spacial score (nSPS) is 22.1. The molecule has 2 aliphatic heterocycles. The highest BCUT2D eigenvalue weighted by molar-refractivity contribution is 7.90. The minimum absolute atomic E-state index is 0.00496. The number of carbonyl (C=O) groups excluding carboxylic acids is 2. The van der Waals surface area contributed by atoms with E-state index in [-0.39, 0.29) is 32.0 Å². The average molecular weight is 607 g/mol. The molecule has 2 saturated heterocycles. The summed E-state index contributed by atoms with van der Waals surface area (Å²) in [6, 6.07) is 8.13. The summed E-state index contributed by atoms with van der Waals surface area (Å²) in [5.41, 5.74) is -1.94. The van der Waals surface area contributed by atoms with Crippen LogP contribution in [0.15, 0.2) is 51.8 Å². The Morgan fingerprint density at radius 1 is 1.14 bits per heavy atom. The number of rotatable bonds is 9. The minimum atomic E-state index is -4.53. The number of para-hydroxylation sites is 2. The van der Waals surface area contributed by atoms with Crippen LogP contribution in [0.5, 0.6) is 0 Å². The van der Waals surface area contributed by atoms with Gasteiger partial charge in [-0.2, -0.15) is 12.8 Å². The van der Waals surface area contributed by atoms with Gasteiger partial charge >= 0.3 is 5.97 Å². The quantitative estimate of drug-likeness (QED) is 0.181. The van der Waals surface area contributed by atoms with Crippen LogP contribution >= 0.6 is 0 Å². The maximum absolute atomic E-state index is 14.5. The van der Waals surface area contributed by atoms with Crippen LogP contribution in [0, 0.1) is 39.5 Å². The first kappa shape index (κ1) is 31.2. The van der Waals surface area contributed by atoms with Crippen LogP contribution < -0.4 is 4.90 Å². The van der Waals surface area contributed by atoms with Gasteiger partial charge in [-0.15, -0.1) is 0 Å². The highest BCUT2D eigenvalue weighted by Gasteiger charge is 2.45. The zero-order valence-corrected chi connectivity index (χ0v) is 24.4. The van der Waals surface area contributed by atoms with E-state index in [9.17, 15) is 36.9 Å². The number of esters is 1. The van der Waals surface area contributed by atoms with Gasteiger partial charge in [0.05, 0.1) is 17.4 Å². The van der Waals surface area contributed by atoms with E-state index in [4.69, 9.17) is 4.74 Å². The fraction of sp³-hybridized carbons (Fsp3) is 0.464. The Morgan fingerprint density at radius 3 is 2.38 bits per heavy atom. The van der Waals surface area contributed by atoms with Crippen LogP contribution in [-0.4, -0.2) is 67.6 Å². The molecule has 0 radical (unpaired) electrons. The number of anilines is 1. The molecule has 2 fully saturated rings. The number of amides is 1. The standard InChI is InChI=1S/C28H32F2N4O7S/c1-17(2)19-12-23(41-27(19)36)18(13-31-42(39,40)24-11-6-5-10-22(24)34(37)38)14-32-15-25(35)33(16-28(32,3)4)26-20(29)8-7-9-21(26)30/h5-11,13,17-19,23H,12,14-16H2,1-4H3/b31-13+/t18?,19-,23-/m0/s1. The van der Waals surface area contributed by atoms with E-state index in [0.29, 0.717) is 0 Å². The molecule has 42 heavy (non-hydrogen) atoms. The third-order valence-electron chi connectivity index (χ3n) is 7.74. The second-order valence-electron chi connectivity index (χ2n) is 11.4. The number of cyclic esters (lactones) is 1. The third kappa shape index (κ3) is 6.33. The predicted molar refractivity (Wildman–Crippen MR) is 149 cm³/mol. The molecule has 4 rings (SSSR count). The molecule has 0 aromatic heterocycles. The molecular formula is C28H32F2N4O7S. The molecule has 0 spiro atoms. The zero-order valence-electron chi connectivity index (χ0n) is 23.6. The van der Waals surface area contributed by atoms with E-state index in [1.54, 1.807) is 18.7 Å². The smallest absolute Gasteiger partial charge is 0.309 e. The Kier molecular flexibility index (Phi) is 8.78. The van der Waals surface area contributed by atoms with Crippen molar-refractivity contribution in [3.63, 3.8) is 0 Å². The van der Waals surface area contributed by atoms with Crippen molar-refractivity contribution in [1.29, 1.82) is 0 Å². The maximum Gasteiger partial charge on any atom is 0.309 e. The van der Waals surface area contributed by atoms with E-state index < -0.39 is 78.2 Å². The average Bonchev–Trinajstić information content (AvgIpc) is 3.30. The number of carbonyl (C=O) groups is 2. The van der Waals surface area contributed by atoms with Gasteiger partial charge in [0.25, 0.3) is 15.7 Å². The van der Waals surface area contributed by atoms with Crippen LogP contribution in [0.1, 0.15) is 34.1 Å². The molecular weight excluding hydrogens is 574 g/mol. The molecule has 0 saturated carbocycles. The molecule has 1 unspecified atom stereocenters. The molecule has 0 N–H and O–H groups in total. The minimum Gasteiger partial charge on any atom is -0.461 e. The molecule has 2 aliphatic rings. The van der Waals surface area contributed by atoms with Crippen molar-refractivity contribution in [3.8, 4) is 0 Å². The van der Waals surface area contributed by atoms with Crippen LogP contribution in [0.25, 0.3) is 0 Å². The molecule has 2 aromatic rings. The van der Waals surface area contributed by atoms with Gasteiger partial charge in [0, 0.05) is 36.8 Å². The topological polar surface area (TPSA) is 139 Å². The van der Waals surface area contributed by atoms with Crippen molar-refractivity contribution >= 4 is 39.5 Å². The number of nitrogens with zero attached hydrogens (tertiary/aromatic N) is 4. The summed E-state index contributed by atoms with van der Waals surface area (Å²) < 4.78 is 64.6. The molecule has 226 valence electrons. The molecule has 2 aromatic carbocycles. The fourth-order valence-electron chi connectivity index (χ4n) is 5.29. The van der Waals surface area contributed by atoms with E-state index in [0.717, 1.165) is 35.4 Å². The summed E-state index contributed by atoms with van der Waals surface area (Å²) in [5, 5.41) is 11.4. The Hall–Kier alpha value is -3.78.